The predicted octanol–water partition coefficient (Wildman–Crippen LogP) is 1.39. The lowest BCUT2D eigenvalue weighted by Crippen LogP contribution is -2.40. The highest BCUT2D eigenvalue weighted by Crippen LogP contribution is 2.25. The topological polar surface area (TPSA) is 75.6 Å². The van der Waals surface area contributed by atoms with Gasteiger partial charge in [0.15, 0.2) is 0 Å². The lowest BCUT2D eigenvalue weighted by Gasteiger charge is -2.15. The molecule has 0 fully saturated rings. The van der Waals surface area contributed by atoms with Crippen LogP contribution in [-0.2, 0) is 14.8 Å². The van der Waals surface area contributed by atoms with E-state index in [0.717, 1.165) is 0 Å². The predicted molar refractivity (Wildman–Crippen MR) is 72.2 cm³/mol. The molecule has 0 saturated heterocycles. The van der Waals surface area contributed by atoms with Crippen LogP contribution in [-0.4, -0.2) is 39.9 Å². The van der Waals surface area contributed by atoms with E-state index >= 15 is 0 Å². The molecule has 5 nitrogen and oxygen atoms in total. The first kappa shape index (κ1) is 15.9. The van der Waals surface area contributed by atoms with Crippen LogP contribution in [0.15, 0.2) is 27.6 Å². The average Bonchev–Trinajstić information content (AvgIpc) is 2.31. The molecule has 8 heteroatoms. The summed E-state index contributed by atoms with van der Waals surface area (Å²) in [5.74, 6) is 0. The third-order valence-corrected chi connectivity index (χ3v) is 4.84. The highest BCUT2D eigenvalue weighted by atomic mass is 79.9. The number of ether oxygens (including phenoxy) is 1. The van der Waals surface area contributed by atoms with Gasteiger partial charge in [-0.15, -0.1) is 0 Å². The maximum absolute atomic E-state index is 12.0. The largest absolute Gasteiger partial charge is 0.395 e. The molecule has 2 N–H and O–H groups in total. The quantitative estimate of drug-likeness (QED) is 0.806. The first-order chi connectivity index (χ1) is 8.40. The minimum absolute atomic E-state index is 0.0633. The third kappa shape index (κ3) is 4.18. The Morgan fingerprint density at radius 2 is 2.22 bits per heavy atom. The summed E-state index contributed by atoms with van der Waals surface area (Å²) in [6.07, 6.45) is 0. The molecular weight excluding hydrogens is 346 g/mol. The van der Waals surface area contributed by atoms with Gasteiger partial charge in [0.05, 0.1) is 29.2 Å². The Labute approximate surface area is 119 Å². The molecule has 1 unspecified atom stereocenters. The molecule has 0 saturated carbocycles. The summed E-state index contributed by atoms with van der Waals surface area (Å²) in [7, 11) is -2.29. The van der Waals surface area contributed by atoms with Crippen LogP contribution >= 0.6 is 27.5 Å². The summed E-state index contributed by atoms with van der Waals surface area (Å²) in [6, 6.07) is 3.57. The Morgan fingerprint density at radius 3 is 2.72 bits per heavy atom. The Balaban J connectivity index is 2.95. The summed E-state index contributed by atoms with van der Waals surface area (Å²) >= 11 is 8.95. The molecule has 1 atom stereocenters. The van der Waals surface area contributed by atoms with Crippen LogP contribution in [0.4, 0.5) is 0 Å². The van der Waals surface area contributed by atoms with Crippen molar-refractivity contribution in [3.63, 3.8) is 0 Å². The minimum atomic E-state index is -3.71. The fourth-order valence-electron chi connectivity index (χ4n) is 1.26. The molecule has 18 heavy (non-hydrogen) atoms. The standard InChI is InChI=1S/C10H13BrClNO4S/c1-17-6-7(5-14)13-18(15,16)8-2-3-10(12)9(11)4-8/h2-4,7,13-14H,5-6H2,1H3. The monoisotopic (exact) mass is 357 g/mol. The fraction of sp³-hybridized carbons (Fsp3) is 0.400. The van der Waals surface area contributed by atoms with Crippen molar-refractivity contribution in [3.8, 4) is 0 Å². The van der Waals surface area contributed by atoms with Gasteiger partial charge in [-0.3, -0.25) is 0 Å². The smallest absolute Gasteiger partial charge is 0.241 e. The van der Waals surface area contributed by atoms with Gasteiger partial charge in [0.25, 0.3) is 0 Å². The normalized spacial score (nSPS) is 13.6. The number of aliphatic hydroxyl groups excluding tert-OH is 1. The molecule has 1 aromatic carbocycles. The molecule has 0 amide bonds. The third-order valence-electron chi connectivity index (χ3n) is 2.11. The van der Waals surface area contributed by atoms with E-state index in [4.69, 9.17) is 21.4 Å². The minimum Gasteiger partial charge on any atom is -0.395 e. The highest BCUT2D eigenvalue weighted by Gasteiger charge is 2.20. The summed E-state index contributed by atoms with van der Waals surface area (Å²) in [5.41, 5.74) is 0. The van der Waals surface area contributed by atoms with E-state index in [1.807, 2.05) is 0 Å². The Hall–Kier alpha value is -0.180. The number of hydrogen-bond acceptors (Lipinski definition) is 4. The van der Waals surface area contributed by atoms with Gasteiger partial charge in [-0.25, -0.2) is 13.1 Å². The van der Waals surface area contributed by atoms with E-state index < -0.39 is 16.1 Å². The Bertz CT molecular complexity index is 509. The number of rotatable bonds is 6. The van der Waals surface area contributed by atoms with Crippen molar-refractivity contribution in [2.45, 2.75) is 10.9 Å². The lowest BCUT2D eigenvalue weighted by molar-refractivity contribution is 0.139. The lowest BCUT2D eigenvalue weighted by atomic mass is 10.4. The summed E-state index contributed by atoms with van der Waals surface area (Å²) < 4.78 is 31.6. The van der Waals surface area contributed by atoms with Crippen LogP contribution in [0.3, 0.4) is 0 Å². The van der Waals surface area contributed by atoms with Crippen molar-refractivity contribution in [2.75, 3.05) is 20.3 Å². The molecule has 102 valence electrons. The Morgan fingerprint density at radius 1 is 1.56 bits per heavy atom. The second kappa shape index (κ2) is 6.83. The van der Waals surface area contributed by atoms with Gasteiger partial charge < -0.3 is 9.84 Å². The van der Waals surface area contributed by atoms with Crippen LogP contribution < -0.4 is 4.72 Å². The number of halogens is 2. The molecular formula is C10H13BrClNO4S. The SMILES string of the molecule is COCC(CO)NS(=O)(=O)c1ccc(Cl)c(Br)c1. The van der Waals surface area contributed by atoms with E-state index in [1.54, 1.807) is 0 Å². The van der Waals surface area contributed by atoms with Crippen molar-refractivity contribution in [2.24, 2.45) is 0 Å². The second-order valence-corrected chi connectivity index (χ2v) is 6.51. The molecule has 0 heterocycles. The molecule has 0 aliphatic heterocycles. The van der Waals surface area contributed by atoms with Gasteiger partial charge >= 0.3 is 0 Å². The van der Waals surface area contributed by atoms with E-state index in [0.29, 0.717) is 9.50 Å². The van der Waals surface area contributed by atoms with Crippen LogP contribution in [0, 0.1) is 0 Å². The van der Waals surface area contributed by atoms with Gasteiger partial charge in [-0.05, 0) is 34.1 Å². The number of benzene rings is 1. The molecule has 0 radical (unpaired) electrons. The number of sulfonamides is 1. The number of aliphatic hydroxyl groups is 1. The summed E-state index contributed by atoms with van der Waals surface area (Å²) in [5, 5.41) is 9.45. The maximum Gasteiger partial charge on any atom is 0.241 e. The van der Waals surface area contributed by atoms with E-state index in [1.165, 1.54) is 25.3 Å². The summed E-state index contributed by atoms with van der Waals surface area (Å²) in [6.45, 7) is -0.258. The van der Waals surface area contributed by atoms with Crippen molar-refractivity contribution in [1.82, 2.24) is 4.72 Å². The molecule has 0 aliphatic rings. The van der Waals surface area contributed by atoms with Crippen LogP contribution in [0.2, 0.25) is 5.02 Å². The number of methoxy groups -OCH3 is 1. The molecule has 0 spiro atoms. The highest BCUT2D eigenvalue weighted by molar-refractivity contribution is 9.10. The van der Waals surface area contributed by atoms with Crippen molar-refractivity contribution in [3.05, 3.63) is 27.7 Å². The van der Waals surface area contributed by atoms with Gasteiger partial charge in [-0.1, -0.05) is 11.6 Å². The molecule has 0 aliphatic carbocycles. The zero-order chi connectivity index (χ0) is 13.8. The van der Waals surface area contributed by atoms with Gasteiger partial charge in [0.2, 0.25) is 10.0 Å². The molecule has 1 aromatic rings. The van der Waals surface area contributed by atoms with E-state index in [-0.39, 0.29) is 18.1 Å². The van der Waals surface area contributed by atoms with E-state index in [9.17, 15) is 8.42 Å². The zero-order valence-electron chi connectivity index (χ0n) is 9.56. The average molecular weight is 359 g/mol. The number of hydrogen-bond donors (Lipinski definition) is 2. The van der Waals surface area contributed by atoms with Crippen molar-refractivity contribution in [1.29, 1.82) is 0 Å². The second-order valence-electron chi connectivity index (χ2n) is 3.53. The van der Waals surface area contributed by atoms with E-state index in [2.05, 4.69) is 20.7 Å². The fourth-order valence-corrected chi connectivity index (χ4v) is 3.14. The number of nitrogens with one attached hydrogen (secondary N) is 1. The van der Waals surface area contributed by atoms with Crippen molar-refractivity contribution < 1.29 is 18.3 Å². The van der Waals surface area contributed by atoms with Crippen LogP contribution in [0.1, 0.15) is 0 Å². The van der Waals surface area contributed by atoms with Crippen LogP contribution in [0.5, 0.6) is 0 Å². The molecule has 0 bridgehead atoms. The summed E-state index contributed by atoms with van der Waals surface area (Å²) in [4.78, 5) is 0.0633. The first-order valence-corrected chi connectivity index (χ1v) is 7.63. The zero-order valence-corrected chi connectivity index (χ0v) is 12.7. The van der Waals surface area contributed by atoms with Gasteiger partial charge in [0.1, 0.15) is 0 Å². The van der Waals surface area contributed by atoms with Gasteiger partial charge in [-0.2, -0.15) is 0 Å². The maximum atomic E-state index is 12.0. The Kier molecular flexibility index (Phi) is 6.03. The molecule has 0 aromatic heterocycles. The molecule has 1 rings (SSSR count). The van der Waals surface area contributed by atoms with Gasteiger partial charge in [0, 0.05) is 11.6 Å². The van der Waals surface area contributed by atoms with Crippen LogP contribution in [0.25, 0.3) is 0 Å². The van der Waals surface area contributed by atoms with Crippen molar-refractivity contribution >= 4 is 37.6 Å². The first-order valence-electron chi connectivity index (χ1n) is 4.98.